The zero-order valence-electron chi connectivity index (χ0n) is 14.2. The van der Waals surface area contributed by atoms with E-state index in [-0.39, 0.29) is 0 Å². The lowest BCUT2D eigenvalue weighted by Gasteiger charge is -2.16. The number of hydrogen-bond acceptors (Lipinski definition) is 3. The van der Waals surface area contributed by atoms with Crippen LogP contribution in [0.1, 0.15) is 31.4 Å². The van der Waals surface area contributed by atoms with E-state index in [9.17, 15) is 9.90 Å². The second kappa shape index (κ2) is 9.08. The summed E-state index contributed by atoms with van der Waals surface area (Å²) in [7, 11) is 0. The van der Waals surface area contributed by atoms with E-state index in [0.29, 0.717) is 25.5 Å². The molecular formula is C20H25NO3. The van der Waals surface area contributed by atoms with E-state index in [1.54, 1.807) is 0 Å². The van der Waals surface area contributed by atoms with Crippen LogP contribution < -0.4 is 10.1 Å². The predicted molar refractivity (Wildman–Crippen MR) is 94.9 cm³/mol. The molecule has 0 unspecified atom stereocenters. The summed E-state index contributed by atoms with van der Waals surface area (Å²) in [6.45, 7) is 5.11. The van der Waals surface area contributed by atoms with E-state index in [1.165, 1.54) is 0 Å². The second-order valence-electron chi connectivity index (χ2n) is 6.32. The highest BCUT2D eigenvalue weighted by molar-refractivity contribution is 5.73. The van der Waals surface area contributed by atoms with E-state index in [4.69, 9.17) is 4.74 Å². The maximum atomic E-state index is 11.2. The Hall–Kier alpha value is -2.33. The lowest BCUT2D eigenvalue weighted by atomic mass is 10.0. The molecular weight excluding hydrogens is 302 g/mol. The van der Waals surface area contributed by atoms with Crippen LogP contribution in [-0.4, -0.2) is 17.1 Å². The van der Waals surface area contributed by atoms with Gasteiger partial charge in [-0.15, -0.1) is 0 Å². The zero-order chi connectivity index (χ0) is 17.4. The average Bonchev–Trinajstić information content (AvgIpc) is 2.58. The molecule has 4 heteroatoms. The molecule has 4 nitrogen and oxygen atoms in total. The van der Waals surface area contributed by atoms with E-state index in [0.717, 1.165) is 16.9 Å². The van der Waals surface area contributed by atoms with Crippen LogP contribution >= 0.6 is 0 Å². The fourth-order valence-electron chi connectivity index (χ4n) is 2.43. The summed E-state index contributed by atoms with van der Waals surface area (Å²) in [5, 5.41) is 12.3. The minimum absolute atomic E-state index is 0.340. The van der Waals surface area contributed by atoms with Gasteiger partial charge in [-0.2, -0.15) is 0 Å². The molecule has 2 rings (SSSR count). The second-order valence-corrected chi connectivity index (χ2v) is 6.32. The molecule has 0 radical (unpaired) electrons. The summed E-state index contributed by atoms with van der Waals surface area (Å²) in [6.07, 6.45) is 0.619. The first-order valence-corrected chi connectivity index (χ1v) is 8.26. The van der Waals surface area contributed by atoms with Crippen LogP contribution in [0.4, 0.5) is 0 Å². The molecule has 2 N–H and O–H groups in total. The molecule has 0 aliphatic carbocycles. The fourth-order valence-corrected chi connectivity index (χ4v) is 2.43. The normalized spacial score (nSPS) is 12.1. The molecule has 0 aliphatic heterocycles. The van der Waals surface area contributed by atoms with Crippen molar-refractivity contribution in [1.82, 2.24) is 5.32 Å². The SMILES string of the molecule is CC(C)C[C@@H](NCc1ccc(OCc2ccccc2)cc1)C(=O)O. The Kier molecular flexibility index (Phi) is 6.82. The number of carboxylic acids is 1. The molecule has 0 spiro atoms. The lowest BCUT2D eigenvalue weighted by molar-refractivity contribution is -0.140. The van der Waals surface area contributed by atoms with Gasteiger partial charge in [0, 0.05) is 6.54 Å². The first-order valence-electron chi connectivity index (χ1n) is 8.26. The molecule has 0 aromatic heterocycles. The standard InChI is InChI=1S/C20H25NO3/c1-15(2)12-19(20(22)23)21-13-16-8-10-18(11-9-16)24-14-17-6-4-3-5-7-17/h3-11,15,19,21H,12-14H2,1-2H3,(H,22,23)/t19-/m1/s1. The molecule has 0 heterocycles. The predicted octanol–water partition coefficient (Wildman–Crippen LogP) is 3.85. The Morgan fingerprint density at radius 2 is 1.71 bits per heavy atom. The largest absolute Gasteiger partial charge is 0.489 e. The minimum atomic E-state index is -0.800. The van der Waals surface area contributed by atoms with Crippen molar-refractivity contribution < 1.29 is 14.6 Å². The quantitative estimate of drug-likeness (QED) is 0.734. The van der Waals surface area contributed by atoms with Crippen LogP contribution in [0.25, 0.3) is 0 Å². The number of nitrogens with one attached hydrogen (secondary N) is 1. The maximum absolute atomic E-state index is 11.2. The highest BCUT2D eigenvalue weighted by Crippen LogP contribution is 2.15. The molecule has 0 bridgehead atoms. The Balaban J connectivity index is 1.84. The van der Waals surface area contributed by atoms with E-state index < -0.39 is 12.0 Å². The number of aliphatic carboxylic acids is 1. The maximum Gasteiger partial charge on any atom is 0.320 e. The fraction of sp³-hybridized carbons (Fsp3) is 0.350. The van der Waals surface area contributed by atoms with Crippen molar-refractivity contribution in [1.29, 1.82) is 0 Å². The van der Waals surface area contributed by atoms with Crippen LogP contribution in [0, 0.1) is 5.92 Å². The van der Waals surface area contributed by atoms with Gasteiger partial charge in [0.05, 0.1) is 0 Å². The smallest absolute Gasteiger partial charge is 0.320 e. The van der Waals surface area contributed by atoms with Gasteiger partial charge in [0.15, 0.2) is 0 Å². The highest BCUT2D eigenvalue weighted by atomic mass is 16.5. The van der Waals surface area contributed by atoms with Crippen LogP contribution in [-0.2, 0) is 17.9 Å². The zero-order valence-corrected chi connectivity index (χ0v) is 14.2. The minimum Gasteiger partial charge on any atom is -0.489 e. The average molecular weight is 327 g/mol. The number of carbonyl (C=O) groups is 1. The van der Waals surface area contributed by atoms with E-state index in [2.05, 4.69) is 5.32 Å². The van der Waals surface area contributed by atoms with Gasteiger partial charge in [0.25, 0.3) is 0 Å². The molecule has 1 atom stereocenters. The Morgan fingerprint density at radius 1 is 1.04 bits per heavy atom. The molecule has 2 aromatic carbocycles. The molecule has 0 saturated heterocycles. The van der Waals surface area contributed by atoms with Crippen molar-refractivity contribution >= 4 is 5.97 Å². The summed E-state index contributed by atoms with van der Waals surface area (Å²) in [4.78, 5) is 11.2. The summed E-state index contributed by atoms with van der Waals surface area (Å²) >= 11 is 0. The van der Waals surface area contributed by atoms with Crippen molar-refractivity contribution in [2.75, 3.05) is 0 Å². The van der Waals surface area contributed by atoms with E-state index in [1.807, 2.05) is 68.4 Å². The topological polar surface area (TPSA) is 58.6 Å². The number of ether oxygens (including phenoxy) is 1. The molecule has 0 fully saturated rings. The van der Waals surface area contributed by atoms with Gasteiger partial charge in [0.2, 0.25) is 0 Å². The molecule has 0 aliphatic rings. The Bertz CT molecular complexity index is 623. The number of benzene rings is 2. The van der Waals surface area contributed by atoms with Gasteiger partial charge in [-0.1, -0.05) is 56.3 Å². The Morgan fingerprint density at radius 3 is 2.29 bits per heavy atom. The van der Waals surface area contributed by atoms with Crippen molar-refractivity contribution in [2.24, 2.45) is 5.92 Å². The monoisotopic (exact) mass is 327 g/mol. The van der Waals surface area contributed by atoms with Crippen molar-refractivity contribution in [3.8, 4) is 5.75 Å². The van der Waals surface area contributed by atoms with E-state index >= 15 is 0 Å². The third-order valence-corrected chi connectivity index (χ3v) is 3.73. The number of hydrogen-bond donors (Lipinski definition) is 2. The Labute approximate surface area is 143 Å². The first kappa shape index (κ1) is 18.0. The first-order chi connectivity index (χ1) is 11.5. The molecule has 128 valence electrons. The molecule has 2 aromatic rings. The summed E-state index contributed by atoms with van der Waals surface area (Å²) in [5.41, 5.74) is 2.17. The summed E-state index contributed by atoms with van der Waals surface area (Å²) in [5.74, 6) is 0.346. The summed E-state index contributed by atoms with van der Waals surface area (Å²) in [6, 6.07) is 17.2. The van der Waals surface area contributed by atoms with Crippen molar-refractivity contribution in [3.05, 3.63) is 65.7 Å². The van der Waals surface area contributed by atoms with Crippen LogP contribution in [0.2, 0.25) is 0 Å². The molecule has 0 amide bonds. The van der Waals surface area contributed by atoms with Crippen molar-refractivity contribution in [3.63, 3.8) is 0 Å². The van der Waals surface area contributed by atoms with Gasteiger partial charge < -0.3 is 15.2 Å². The molecule has 0 saturated carbocycles. The van der Waals surface area contributed by atoms with Crippen molar-refractivity contribution in [2.45, 2.75) is 39.5 Å². The van der Waals surface area contributed by atoms with Gasteiger partial charge in [-0.25, -0.2) is 0 Å². The van der Waals surface area contributed by atoms with Gasteiger partial charge in [0.1, 0.15) is 18.4 Å². The van der Waals surface area contributed by atoms with Crippen LogP contribution in [0.15, 0.2) is 54.6 Å². The highest BCUT2D eigenvalue weighted by Gasteiger charge is 2.17. The summed E-state index contributed by atoms with van der Waals surface area (Å²) < 4.78 is 5.75. The molecule has 24 heavy (non-hydrogen) atoms. The third-order valence-electron chi connectivity index (χ3n) is 3.73. The van der Waals surface area contributed by atoms with Crippen LogP contribution in [0.5, 0.6) is 5.75 Å². The van der Waals surface area contributed by atoms with Crippen LogP contribution in [0.3, 0.4) is 0 Å². The third kappa shape index (κ3) is 6.05. The van der Waals surface area contributed by atoms with Gasteiger partial charge >= 0.3 is 5.97 Å². The number of carboxylic acid groups (broad SMARTS) is 1. The van der Waals surface area contributed by atoms with Gasteiger partial charge in [-0.05, 0) is 35.6 Å². The van der Waals surface area contributed by atoms with Gasteiger partial charge in [-0.3, -0.25) is 4.79 Å². The number of rotatable bonds is 9. The lowest BCUT2D eigenvalue weighted by Crippen LogP contribution is -2.37.